The van der Waals surface area contributed by atoms with E-state index < -0.39 is 0 Å². The van der Waals surface area contributed by atoms with Crippen LogP contribution in [0, 0.1) is 0 Å². The zero-order valence-electron chi connectivity index (χ0n) is 16.1. The highest BCUT2D eigenvalue weighted by Gasteiger charge is 2.14. The summed E-state index contributed by atoms with van der Waals surface area (Å²) in [5, 5.41) is 11.0. The van der Waals surface area contributed by atoms with Gasteiger partial charge in [-0.1, -0.05) is 64.1 Å². The number of phenolic OH excluding ortho intramolecular Hbond substituents is 1. The molecule has 0 unspecified atom stereocenters. The Labute approximate surface area is 155 Å². The van der Waals surface area contributed by atoms with Crippen LogP contribution in [0.3, 0.4) is 0 Å². The molecule has 0 spiro atoms. The molecule has 3 aromatic rings. The van der Waals surface area contributed by atoms with Gasteiger partial charge in [0.15, 0.2) is 0 Å². The molecule has 1 N–H and O–H groups in total. The van der Waals surface area contributed by atoms with Crippen LogP contribution in [0.15, 0.2) is 53.5 Å². The average Bonchev–Trinajstić information content (AvgIpc) is 2.61. The maximum atomic E-state index is 10.1. The van der Waals surface area contributed by atoms with Gasteiger partial charge in [0.2, 0.25) is 0 Å². The van der Waals surface area contributed by atoms with E-state index in [0.29, 0.717) is 17.4 Å². The minimum atomic E-state index is 0.197. The van der Waals surface area contributed by atoms with Crippen molar-refractivity contribution in [2.45, 2.75) is 46.5 Å². The Hall–Kier alpha value is -2.68. The average molecular weight is 346 g/mol. The molecule has 0 aliphatic heterocycles. The zero-order chi connectivity index (χ0) is 18.8. The molecule has 0 saturated heterocycles. The number of aromatic nitrogens is 1. The maximum Gasteiger partial charge on any atom is 0.141 e. The van der Waals surface area contributed by atoms with Crippen LogP contribution in [-0.2, 0) is 0 Å². The molecule has 3 nitrogen and oxygen atoms in total. The number of rotatable bonds is 4. The van der Waals surface area contributed by atoms with Gasteiger partial charge in [0.05, 0.1) is 17.1 Å². The van der Waals surface area contributed by atoms with Crippen molar-refractivity contribution < 1.29 is 5.11 Å². The second kappa shape index (κ2) is 7.28. The molecule has 0 amide bonds. The van der Waals surface area contributed by atoms with Crippen molar-refractivity contribution in [2.24, 2.45) is 4.99 Å². The number of fused-ring (bicyclic) bond motifs is 1. The van der Waals surface area contributed by atoms with Crippen molar-refractivity contribution in [3.8, 4) is 5.75 Å². The largest absolute Gasteiger partial charge is 0.506 e. The molecule has 2 aromatic carbocycles. The lowest BCUT2D eigenvalue weighted by atomic mass is 9.93. The number of benzene rings is 2. The Kier molecular flexibility index (Phi) is 5.08. The first-order chi connectivity index (χ1) is 12.4. The summed E-state index contributed by atoms with van der Waals surface area (Å²) in [6.07, 6.45) is 0. The van der Waals surface area contributed by atoms with Crippen LogP contribution in [-0.4, -0.2) is 15.8 Å². The van der Waals surface area contributed by atoms with E-state index >= 15 is 0 Å². The summed E-state index contributed by atoms with van der Waals surface area (Å²) >= 11 is 0. The first-order valence-electron chi connectivity index (χ1n) is 9.15. The molecule has 1 heterocycles. The van der Waals surface area contributed by atoms with Crippen LogP contribution < -0.4 is 0 Å². The summed E-state index contributed by atoms with van der Waals surface area (Å²) in [4.78, 5) is 9.62. The van der Waals surface area contributed by atoms with Gasteiger partial charge in [-0.15, -0.1) is 0 Å². The summed E-state index contributed by atoms with van der Waals surface area (Å²) in [6.45, 7) is 10.8. The molecule has 3 heteroatoms. The van der Waals surface area contributed by atoms with E-state index in [4.69, 9.17) is 4.99 Å². The number of hydrogen-bond acceptors (Lipinski definition) is 3. The molecule has 0 fully saturated rings. The summed E-state index contributed by atoms with van der Waals surface area (Å²) < 4.78 is 0. The number of aliphatic imine (C=N–C) groups is 1. The summed E-state index contributed by atoms with van der Waals surface area (Å²) in [6, 6.07) is 15.8. The molecule has 0 aliphatic rings. The van der Waals surface area contributed by atoms with Crippen molar-refractivity contribution in [2.75, 3.05) is 0 Å². The fourth-order valence-electron chi connectivity index (χ4n) is 3.20. The predicted octanol–water partition coefficient (Wildman–Crippen LogP) is 6.33. The minimum Gasteiger partial charge on any atom is -0.506 e. The van der Waals surface area contributed by atoms with E-state index in [0.717, 1.165) is 22.5 Å². The molecular weight excluding hydrogens is 320 g/mol. The van der Waals surface area contributed by atoms with Crippen LogP contribution >= 0.6 is 0 Å². The monoisotopic (exact) mass is 346 g/mol. The highest BCUT2D eigenvalue weighted by molar-refractivity contribution is 6.01. The smallest absolute Gasteiger partial charge is 0.141 e. The number of nitrogens with zero attached hydrogens (tertiary/aromatic N) is 2. The Balaban J connectivity index is 2.15. The van der Waals surface area contributed by atoms with Gasteiger partial charge in [-0.05, 0) is 42.0 Å². The third-order valence-electron chi connectivity index (χ3n) is 4.69. The number of para-hydroxylation sites is 2. The van der Waals surface area contributed by atoms with Crippen molar-refractivity contribution in [3.05, 3.63) is 65.4 Å². The van der Waals surface area contributed by atoms with Gasteiger partial charge in [0.25, 0.3) is 0 Å². The van der Waals surface area contributed by atoms with Crippen LogP contribution in [0.1, 0.15) is 63.3 Å². The molecule has 0 saturated carbocycles. The zero-order valence-corrected chi connectivity index (χ0v) is 16.1. The summed E-state index contributed by atoms with van der Waals surface area (Å²) in [7, 11) is 0. The number of hydrogen-bond donors (Lipinski definition) is 1. The van der Waals surface area contributed by atoms with Crippen molar-refractivity contribution in [3.63, 3.8) is 0 Å². The molecule has 0 aliphatic carbocycles. The molecule has 0 radical (unpaired) electrons. The lowest BCUT2D eigenvalue weighted by molar-refractivity contribution is 0.480. The van der Waals surface area contributed by atoms with Crippen molar-refractivity contribution in [1.82, 2.24) is 4.98 Å². The molecule has 1 aromatic heterocycles. The SMILES string of the molecule is CC(=Nc1c(C(C)C)cccc1C(C)C)c1ccc2cccc(O)c2n1. The van der Waals surface area contributed by atoms with Gasteiger partial charge in [-0.25, -0.2) is 4.98 Å². The Morgan fingerprint density at radius 1 is 0.885 bits per heavy atom. The molecule has 134 valence electrons. The van der Waals surface area contributed by atoms with Gasteiger partial charge in [-0.3, -0.25) is 4.99 Å². The molecular formula is C23H26N2O. The quantitative estimate of drug-likeness (QED) is 0.561. The van der Waals surface area contributed by atoms with Crippen molar-refractivity contribution >= 4 is 22.3 Å². The van der Waals surface area contributed by atoms with Crippen LogP contribution in [0.4, 0.5) is 5.69 Å². The molecule has 3 rings (SSSR count). The van der Waals surface area contributed by atoms with Gasteiger partial charge in [-0.2, -0.15) is 0 Å². The van der Waals surface area contributed by atoms with Crippen LogP contribution in [0.5, 0.6) is 5.75 Å². The normalized spacial score (nSPS) is 12.3. The van der Waals surface area contributed by atoms with Gasteiger partial charge >= 0.3 is 0 Å². The summed E-state index contributed by atoms with van der Waals surface area (Å²) in [5.74, 6) is 0.991. The van der Waals surface area contributed by atoms with Crippen LogP contribution in [0.2, 0.25) is 0 Å². The van der Waals surface area contributed by atoms with Crippen LogP contribution in [0.25, 0.3) is 10.9 Å². The maximum absolute atomic E-state index is 10.1. The Morgan fingerprint density at radius 2 is 1.50 bits per heavy atom. The van der Waals surface area contributed by atoms with Gasteiger partial charge in [0.1, 0.15) is 11.3 Å². The lowest BCUT2D eigenvalue weighted by Gasteiger charge is -2.17. The first kappa shape index (κ1) is 18.1. The molecule has 0 atom stereocenters. The minimum absolute atomic E-state index is 0.197. The van der Waals surface area contributed by atoms with E-state index in [-0.39, 0.29) is 5.75 Å². The third-order valence-corrected chi connectivity index (χ3v) is 4.69. The van der Waals surface area contributed by atoms with E-state index in [1.54, 1.807) is 6.07 Å². The number of phenols is 1. The lowest BCUT2D eigenvalue weighted by Crippen LogP contribution is -2.01. The highest BCUT2D eigenvalue weighted by Crippen LogP contribution is 2.35. The van der Waals surface area contributed by atoms with E-state index in [2.05, 4.69) is 50.9 Å². The van der Waals surface area contributed by atoms with E-state index in [1.165, 1.54) is 11.1 Å². The topological polar surface area (TPSA) is 45.5 Å². The van der Waals surface area contributed by atoms with Crippen molar-refractivity contribution in [1.29, 1.82) is 0 Å². The standard InChI is InChI=1S/C23H26N2O/c1-14(2)18-9-7-10-19(15(3)4)23(18)24-16(5)20-13-12-17-8-6-11-21(26)22(17)25-20/h6-15,26H,1-5H3. The second-order valence-electron chi connectivity index (χ2n) is 7.34. The van der Waals surface area contributed by atoms with Gasteiger partial charge in [0, 0.05) is 5.39 Å². The fourth-order valence-corrected chi connectivity index (χ4v) is 3.20. The Morgan fingerprint density at radius 3 is 2.12 bits per heavy atom. The molecule has 0 bridgehead atoms. The number of pyridine rings is 1. The van der Waals surface area contributed by atoms with E-state index in [1.807, 2.05) is 31.2 Å². The molecule has 26 heavy (non-hydrogen) atoms. The van der Waals surface area contributed by atoms with Gasteiger partial charge < -0.3 is 5.11 Å². The summed E-state index contributed by atoms with van der Waals surface area (Å²) in [5.41, 5.74) is 5.80. The Bertz CT molecular complexity index is 945. The first-order valence-corrected chi connectivity index (χ1v) is 9.15. The highest BCUT2D eigenvalue weighted by atomic mass is 16.3. The predicted molar refractivity (Wildman–Crippen MR) is 110 cm³/mol. The fraction of sp³-hybridized carbons (Fsp3) is 0.304. The van der Waals surface area contributed by atoms with E-state index in [9.17, 15) is 5.11 Å². The number of aromatic hydroxyl groups is 1. The third kappa shape index (κ3) is 3.48. The second-order valence-corrected chi connectivity index (χ2v) is 7.34.